The van der Waals surface area contributed by atoms with Gasteiger partial charge in [-0.05, 0) is 12.1 Å². The number of amides is 3. The zero-order valence-electron chi connectivity index (χ0n) is 7.83. The average Bonchev–Trinajstić information content (AvgIpc) is 2.09. The van der Waals surface area contributed by atoms with E-state index in [-0.39, 0.29) is 15.7 Å². The van der Waals surface area contributed by atoms with Crippen molar-refractivity contribution in [3.8, 4) is 0 Å². The normalized spacial score (nSPS) is 9.80. The molecule has 4 nitrogen and oxygen atoms in total. The molecule has 1 aromatic carbocycles. The van der Waals surface area contributed by atoms with E-state index in [2.05, 4.69) is 0 Å². The van der Waals surface area contributed by atoms with Crippen molar-refractivity contribution in [1.82, 2.24) is 0 Å². The number of hydrogen-bond donors (Lipinski definition) is 1. The second kappa shape index (κ2) is 4.51. The molecule has 15 heavy (non-hydrogen) atoms. The van der Waals surface area contributed by atoms with E-state index in [9.17, 15) is 9.59 Å². The molecule has 80 valence electrons. The molecule has 1 aromatic rings. The van der Waals surface area contributed by atoms with Gasteiger partial charge in [-0.15, -0.1) is 0 Å². The van der Waals surface area contributed by atoms with E-state index in [1.54, 1.807) is 6.07 Å². The molecule has 0 aliphatic carbocycles. The van der Waals surface area contributed by atoms with Gasteiger partial charge in [-0.1, -0.05) is 29.3 Å². The van der Waals surface area contributed by atoms with Crippen LogP contribution in [0.3, 0.4) is 0 Å². The van der Waals surface area contributed by atoms with Crippen LogP contribution in [0.25, 0.3) is 0 Å². The lowest BCUT2D eigenvalue weighted by Gasteiger charge is -2.18. The first-order valence-electron chi connectivity index (χ1n) is 3.99. The number of carbonyl (C=O) groups is 2. The minimum Gasteiger partial charge on any atom is -0.351 e. The van der Waals surface area contributed by atoms with Gasteiger partial charge in [0.2, 0.25) is 5.91 Å². The molecule has 0 aliphatic heterocycles. The Morgan fingerprint density at radius 2 is 1.73 bits per heavy atom. The van der Waals surface area contributed by atoms with Crippen LogP contribution in [-0.4, -0.2) is 11.9 Å². The van der Waals surface area contributed by atoms with Crippen molar-refractivity contribution in [2.45, 2.75) is 6.92 Å². The number of rotatable bonds is 1. The van der Waals surface area contributed by atoms with Gasteiger partial charge in [-0.2, -0.15) is 0 Å². The number of urea groups is 1. The maximum Gasteiger partial charge on any atom is 0.326 e. The molecule has 0 spiro atoms. The average molecular weight is 247 g/mol. The first-order chi connectivity index (χ1) is 6.95. The number of primary amides is 1. The summed E-state index contributed by atoms with van der Waals surface area (Å²) in [4.78, 5) is 23.0. The van der Waals surface area contributed by atoms with Crippen LogP contribution in [0.2, 0.25) is 10.0 Å². The van der Waals surface area contributed by atoms with E-state index in [4.69, 9.17) is 28.9 Å². The standard InChI is InChI=1S/C9H8Cl2N2O2/c1-5(14)13(9(12)15)8-6(10)3-2-4-7(8)11/h2-4H,1H3,(H2,12,15). The van der Waals surface area contributed by atoms with Gasteiger partial charge in [-0.25, -0.2) is 9.69 Å². The summed E-state index contributed by atoms with van der Waals surface area (Å²) in [5.41, 5.74) is 5.17. The van der Waals surface area contributed by atoms with Gasteiger partial charge in [-0.3, -0.25) is 4.79 Å². The van der Waals surface area contributed by atoms with Crippen molar-refractivity contribution < 1.29 is 9.59 Å². The Balaban J connectivity index is 3.35. The Hall–Kier alpha value is -1.26. The number of para-hydroxylation sites is 1. The van der Waals surface area contributed by atoms with Crippen LogP contribution in [0.1, 0.15) is 6.92 Å². The zero-order valence-corrected chi connectivity index (χ0v) is 9.34. The largest absolute Gasteiger partial charge is 0.351 e. The van der Waals surface area contributed by atoms with Crippen molar-refractivity contribution >= 4 is 40.8 Å². The van der Waals surface area contributed by atoms with Crippen molar-refractivity contribution in [2.24, 2.45) is 5.73 Å². The molecule has 0 bridgehead atoms. The molecule has 0 atom stereocenters. The highest BCUT2D eigenvalue weighted by Gasteiger charge is 2.22. The minimum absolute atomic E-state index is 0.112. The summed E-state index contributed by atoms with van der Waals surface area (Å²) in [6, 6.07) is 3.72. The van der Waals surface area contributed by atoms with Gasteiger partial charge in [0.05, 0.1) is 15.7 Å². The summed E-state index contributed by atoms with van der Waals surface area (Å²) in [7, 11) is 0. The van der Waals surface area contributed by atoms with Crippen molar-refractivity contribution in [3.05, 3.63) is 28.2 Å². The summed E-state index contributed by atoms with van der Waals surface area (Å²) >= 11 is 11.7. The Morgan fingerprint density at radius 3 is 2.07 bits per heavy atom. The van der Waals surface area contributed by atoms with Crippen LogP contribution >= 0.6 is 23.2 Å². The second-order valence-electron chi connectivity index (χ2n) is 2.76. The van der Waals surface area contributed by atoms with Gasteiger partial charge < -0.3 is 5.73 Å². The highest BCUT2D eigenvalue weighted by atomic mass is 35.5. The maximum atomic E-state index is 11.2. The molecule has 0 heterocycles. The van der Waals surface area contributed by atoms with E-state index in [0.717, 1.165) is 4.90 Å². The lowest BCUT2D eigenvalue weighted by atomic mass is 10.3. The van der Waals surface area contributed by atoms with Crippen LogP contribution in [0, 0.1) is 0 Å². The molecule has 0 saturated heterocycles. The molecule has 6 heteroatoms. The molecule has 2 N–H and O–H groups in total. The highest BCUT2D eigenvalue weighted by Crippen LogP contribution is 2.33. The van der Waals surface area contributed by atoms with E-state index < -0.39 is 11.9 Å². The minimum atomic E-state index is -0.919. The first-order valence-corrected chi connectivity index (χ1v) is 4.75. The predicted molar refractivity (Wildman–Crippen MR) is 59.2 cm³/mol. The third-order valence-electron chi connectivity index (χ3n) is 1.70. The molecular weight excluding hydrogens is 239 g/mol. The molecule has 0 radical (unpaired) electrons. The number of nitrogens with two attached hydrogens (primary N) is 1. The monoisotopic (exact) mass is 246 g/mol. The number of imide groups is 1. The number of nitrogens with zero attached hydrogens (tertiary/aromatic N) is 1. The lowest BCUT2D eigenvalue weighted by Crippen LogP contribution is -2.39. The Morgan fingerprint density at radius 1 is 1.27 bits per heavy atom. The maximum absolute atomic E-state index is 11.2. The van der Waals surface area contributed by atoms with E-state index in [1.807, 2.05) is 0 Å². The van der Waals surface area contributed by atoms with Crippen LogP contribution < -0.4 is 10.6 Å². The van der Waals surface area contributed by atoms with Crippen LogP contribution in [0.4, 0.5) is 10.5 Å². The third-order valence-corrected chi connectivity index (χ3v) is 2.31. The Bertz CT molecular complexity index is 386. The van der Waals surface area contributed by atoms with E-state index >= 15 is 0 Å². The van der Waals surface area contributed by atoms with Crippen LogP contribution in [0.15, 0.2) is 18.2 Å². The quantitative estimate of drug-likeness (QED) is 0.828. The fraction of sp³-hybridized carbons (Fsp3) is 0.111. The van der Waals surface area contributed by atoms with Crippen molar-refractivity contribution in [1.29, 1.82) is 0 Å². The fourth-order valence-corrected chi connectivity index (χ4v) is 1.69. The molecular formula is C9H8Cl2N2O2. The topological polar surface area (TPSA) is 63.4 Å². The summed E-state index contributed by atoms with van der Waals surface area (Å²) in [6.45, 7) is 1.20. The van der Waals surface area contributed by atoms with Gasteiger partial charge in [0, 0.05) is 6.92 Å². The molecule has 0 aromatic heterocycles. The highest BCUT2D eigenvalue weighted by molar-refractivity contribution is 6.41. The number of halogens is 2. The summed E-state index contributed by atoms with van der Waals surface area (Å²) in [6.07, 6.45) is 0. The Kier molecular flexibility index (Phi) is 3.55. The van der Waals surface area contributed by atoms with E-state index in [1.165, 1.54) is 19.1 Å². The number of anilines is 1. The molecule has 0 saturated carbocycles. The Labute approximate surface area is 96.6 Å². The second-order valence-corrected chi connectivity index (χ2v) is 3.58. The summed E-state index contributed by atoms with van der Waals surface area (Å²) in [5, 5.41) is 0.382. The summed E-state index contributed by atoms with van der Waals surface area (Å²) < 4.78 is 0. The SMILES string of the molecule is CC(=O)N(C(N)=O)c1c(Cl)cccc1Cl. The van der Waals surface area contributed by atoms with E-state index in [0.29, 0.717) is 0 Å². The van der Waals surface area contributed by atoms with Crippen LogP contribution in [-0.2, 0) is 4.79 Å². The van der Waals surface area contributed by atoms with Gasteiger partial charge in [0.25, 0.3) is 0 Å². The number of hydrogen-bond acceptors (Lipinski definition) is 2. The van der Waals surface area contributed by atoms with Crippen molar-refractivity contribution in [2.75, 3.05) is 4.90 Å². The predicted octanol–water partition coefficient (Wildman–Crippen LogP) is 2.43. The lowest BCUT2D eigenvalue weighted by molar-refractivity contribution is -0.115. The zero-order chi connectivity index (χ0) is 11.6. The first kappa shape index (κ1) is 11.8. The molecule has 1 rings (SSSR count). The van der Waals surface area contributed by atoms with Crippen molar-refractivity contribution in [3.63, 3.8) is 0 Å². The molecule has 0 fully saturated rings. The van der Waals surface area contributed by atoms with Gasteiger partial charge in [0.1, 0.15) is 0 Å². The fourth-order valence-electron chi connectivity index (χ4n) is 1.13. The third kappa shape index (κ3) is 2.40. The molecule has 0 aliphatic rings. The molecule has 3 amide bonds. The van der Waals surface area contributed by atoms with Crippen LogP contribution in [0.5, 0.6) is 0 Å². The smallest absolute Gasteiger partial charge is 0.326 e. The number of benzene rings is 1. The summed E-state index contributed by atoms with van der Waals surface area (Å²) in [5.74, 6) is -0.544. The molecule has 0 unspecified atom stereocenters. The van der Waals surface area contributed by atoms with Gasteiger partial charge >= 0.3 is 6.03 Å². The van der Waals surface area contributed by atoms with Gasteiger partial charge in [0.15, 0.2) is 0 Å². The number of carbonyl (C=O) groups excluding carboxylic acids is 2.